The van der Waals surface area contributed by atoms with Gasteiger partial charge >= 0.3 is 50.0 Å². The van der Waals surface area contributed by atoms with E-state index in [0.29, 0.717) is 0 Å². The van der Waals surface area contributed by atoms with Gasteiger partial charge in [-0.1, -0.05) is 0 Å². The molecule has 0 aliphatic carbocycles. The van der Waals surface area contributed by atoms with E-state index in [9.17, 15) is 2.86 Å². The third-order valence-electron chi connectivity index (χ3n) is 0.0540. The fourth-order valence-electron chi connectivity index (χ4n) is 0. The molecular formula is HBrClFIN. The summed E-state index contributed by atoms with van der Waals surface area (Å²) < 4.78 is 13.3. The van der Waals surface area contributed by atoms with E-state index in [1.54, 1.807) is 0 Å². The van der Waals surface area contributed by atoms with Gasteiger partial charge in [-0.25, -0.2) is 0 Å². The molecule has 0 bridgehead atoms. The molecule has 0 saturated heterocycles. The van der Waals surface area contributed by atoms with E-state index in [1.165, 1.54) is 0 Å². The summed E-state index contributed by atoms with van der Waals surface area (Å²) in [4.78, 5) is 0. The second-order valence-electron chi connectivity index (χ2n) is 0.268. The Morgan fingerprint density at radius 1 is 2.00 bits per heavy atom. The van der Waals surface area contributed by atoms with Gasteiger partial charge in [-0.05, 0) is 0 Å². The Morgan fingerprint density at radius 3 is 2.20 bits per heavy atom. The van der Waals surface area contributed by atoms with E-state index in [1.807, 2.05) is 0 Å². The van der Waals surface area contributed by atoms with Crippen LogP contribution in [0.3, 0.4) is 0 Å². The molecule has 0 rings (SSSR count). The minimum atomic E-state index is -2.64. The molecule has 0 spiro atoms. The Bertz CT molecular complexity index is 25.6. The van der Waals surface area contributed by atoms with Crippen molar-refractivity contribution in [3.05, 3.63) is 0 Å². The van der Waals surface area contributed by atoms with E-state index < -0.39 is 19.5 Å². The van der Waals surface area contributed by atoms with Crippen LogP contribution >= 0.6 is 44.6 Å². The van der Waals surface area contributed by atoms with Crippen LogP contribution in [0.2, 0.25) is 0 Å². The summed E-state index contributed by atoms with van der Waals surface area (Å²) in [5, 5.41) is 0. The molecule has 0 heterocycles. The van der Waals surface area contributed by atoms with Gasteiger partial charge in [0, 0.05) is 0 Å². The summed E-state index contributed by atoms with van der Waals surface area (Å²) in [6.07, 6.45) is 0. The molecule has 0 fully saturated rings. The van der Waals surface area contributed by atoms with Crippen LogP contribution in [-0.2, 0) is 0 Å². The van der Waals surface area contributed by atoms with Gasteiger partial charge in [-0.15, -0.1) is 0 Å². The zero-order chi connectivity index (χ0) is 4.28. The van der Waals surface area contributed by atoms with Crippen LogP contribution in [0.25, 0.3) is 0 Å². The van der Waals surface area contributed by atoms with Gasteiger partial charge in [0.25, 0.3) is 0 Å². The Kier molecular flexibility index (Phi) is 4.57. The van der Waals surface area contributed by atoms with Crippen LogP contribution in [0.4, 0.5) is 2.86 Å². The number of halogens is 4. The third-order valence-corrected chi connectivity index (χ3v) is 3.76. The molecule has 0 aliphatic heterocycles. The number of nitrogens with one attached hydrogen (secondary N) is 1. The van der Waals surface area contributed by atoms with Crippen molar-refractivity contribution in [1.82, 2.24) is 2.56 Å². The molecule has 5 heteroatoms. The van der Waals surface area contributed by atoms with Crippen molar-refractivity contribution >= 4 is 44.6 Å². The average Bonchev–Trinajstić information content (AvgIpc) is 1.38. The van der Waals surface area contributed by atoms with Gasteiger partial charge < -0.3 is 0 Å². The van der Waals surface area contributed by atoms with Gasteiger partial charge in [-0.3, -0.25) is 0 Å². The first-order valence-corrected chi connectivity index (χ1v) is 6.08. The second-order valence-corrected chi connectivity index (χ2v) is 5.49. The first-order valence-electron chi connectivity index (χ1n) is 0.664. The molecule has 34 valence electrons. The minimum absolute atomic E-state index is 2.10. The first-order chi connectivity index (χ1) is 2.27. The zero-order valence-corrected chi connectivity index (χ0v) is 6.51. The Hall–Kier alpha value is 1.39. The summed E-state index contributed by atoms with van der Waals surface area (Å²) in [5.41, 5.74) is 0. The van der Waals surface area contributed by atoms with Crippen molar-refractivity contribution in [3.63, 3.8) is 0 Å². The van der Waals surface area contributed by atoms with Crippen LogP contribution in [0.15, 0.2) is 0 Å². The molecule has 1 nitrogen and oxygen atoms in total. The van der Waals surface area contributed by atoms with Crippen molar-refractivity contribution in [2.24, 2.45) is 0 Å². The quantitative estimate of drug-likeness (QED) is 0.572. The van der Waals surface area contributed by atoms with Crippen LogP contribution < -0.4 is 2.56 Å². The zero-order valence-electron chi connectivity index (χ0n) is 2.01. The summed E-state index contributed by atoms with van der Waals surface area (Å²) >= 11 is -0.0168. The van der Waals surface area contributed by atoms with Gasteiger partial charge in [0.05, 0.1) is 0 Å². The summed E-state index contributed by atoms with van der Waals surface area (Å²) in [5.74, 6) is 0. The third kappa shape index (κ3) is 5.39. The molecule has 0 aromatic rings. The average molecular weight is 276 g/mol. The van der Waals surface area contributed by atoms with Crippen LogP contribution in [0.1, 0.15) is 0 Å². The Morgan fingerprint density at radius 2 is 2.20 bits per heavy atom. The Labute approximate surface area is 49.8 Å². The maximum absolute atomic E-state index is 11.2. The molecule has 0 aliphatic rings. The first kappa shape index (κ1) is 6.39. The fourth-order valence-corrected chi connectivity index (χ4v) is 0. The molecular weight excluding hydrogens is 275 g/mol. The molecule has 5 heavy (non-hydrogen) atoms. The topological polar surface area (TPSA) is 12.0 Å². The van der Waals surface area contributed by atoms with Gasteiger partial charge in [0.1, 0.15) is 0 Å². The fraction of sp³-hybridized carbons (Fsp3) is 0. The number of hydrogen-bond donors (Lipinski definition) is 1. The van der Waals surface area contributed by atoms with E-state index in [2.05, 4.69) is 18.7 Å². The summed E-state index contributed by atoms with van der Waals surface area (Å²) in [7, 11) is 4.79. The SMILES string of the molecule is FI(Cl)NBr. The van der Waals surface area contributed by atoms with E-state index >= 15 is 0 Å². The van der Waals surface area contributed by atoms with Crippen molar-refractivity contribution in [3.8, 4) is 0 Å². The molecule has 0 amide bonds. The second kappa shape index (κ2) is 3.58. The molecule has 0 aromatic carbocycles. The molecule has 0 radical (unpaired) electrons. The molecule has 0 saturated carbocycles. The Balaban J connectivity index is 2.54. The van der Waals surface area contributed by atoms with Gasteiger partial charge in [0.15, 0.2) is 0 Å². The van der Waals surface area contributed by atoms with Crippen molar-refractivity contribution in [1.29, 1.82) is 0 Å². The maximum atomic E-state index is 11.2. The predicted molar refractivity (Wildman–Crippen MR) is 33.0 cm³/mol. The van der Waals surface area contributed by atoms with Gasteiger partial charge in [0.2, 0.25) is 0 Å². The van der Waals surface area contributed by atoms with Gasteiger partial charge in [-0.2, -0.15) is 0 Å². The van der Waals surface area contributed by atoms with Crippen LogP contribution in [0.5, 0.6) is 0 Å². The predicted octanol–water partition coefficient (Wildman–Crippen LogP) is 2.35. The number of rotatable bonds is 1. The van der Waals surface area contributed by atoms with Crippen LogP contribution in [0, 0.1) is 0 Å². The molecule has 1 N–H and O–H groups in total. The van der Waals surface area contributed by atoms with Crippen LogP contribution in [-0.4, -0.2) is 0 Å². The van der Waals surface area contributed by atoms with E-state index in [-0.39, 0.29) is 0 Å². The molecule has 0 atom stereocenters. The van der Waals surface area contributed by atoms with E-state index in [4.69, 9.17) is 8.91 Å². The normalized spacial score (nSPS) is 11.4. The van der Waals surface area contributed by atoms with E-state index in [0.717, 1.165) is 0 Å². The molecule has 0 aromatic heterocycles. The van der Waals surface area contributed by atoms with Crippen molar-refractivity contribution in [2.75, 3.05) is 0 Å². The standard InChI is InChI=1S/BrClFHIN/c1-5-4(2)3/h5H. The van der Waals surface area contributed by atoms with Crippen molar-refractivity contribution in [2.45, 2.75) is 0 Å². The molecule has 0 unspecified atom stereocenters. The number of hydrogen-bond acceptors (Lipinski definition) is 1. The van der Waals surface area contributed by atoms with Crippen molar-refractivity contribution < 1.29 is 2.86 Å². The summed E-state index contributed by atoms with van der Waals surface area (Å²) in [6, 6.07) is 0. The monoisotopic (exact) mass is 275 g/mol. The summed E-state index contributed by atoms with van der Waals surface area (Å²) in [6.45, 7) is 0.